The first-order valence-corrected chi connectivity index (χ1v) is 11.7. The van der Waals surface area contributed by atoms with Crippen molar-refractivity contribution in [2.75, 3.05) is 7.11 Å². The summed E-state index contributed by atoms with van der Waals surface area (Å²) in [6.45, 7) is 0. The highest BCUT2D eigenvalue weighted by molar-refractivity contribution is 5.67. The fourth-order valence-electron chi connectivity index (χ4n) is 4.42. The molecule has 6 rings (SSSR count). The van der Waals surface area contributed by atoms with Crippen LogP contribution in [0.5, 0.6) is 5.88 Å². The van der Waals surface area contributed by atoms with Crippen LogP contribution < -0.4 is 4.74 Å². The smallest absolute Gasteiger partial charge is 0.434 e. The lowest BCUT2D eigenvalue weighted by molar-refractivity contribution is -0.140. The van der Waals surface area contributed by atoms with Gasteiger partial charge >= 0.3 is 6.18 Å². The second-order valence-corrected chi connectivity index (χ2v) is 9.07. The molecule has 0 amide bonds. The normalized spacial score (nSPS) is 13.8. The first-order valence-electron chi connectivity index (χ1n) is 11.7. The molecule has 0 bridgehead atoms. The van der Waals surface area contributed by atoms with Gasteiger partial charge in [-0.1, -0.05) is 6.07 Å². The molecule has 9 nitrogen and oxygen atoms in total. The first-order chi connectivity index (χ1) is 18.2. The third kappa shape index (κ3) is 4.23. The van der Waals surface area contributed by atoms with Gasteiger partial charge in [0.2, 0.25) is 5.88 Å². The maximum atomic E-state index is 15.1. The fourth-order valence-corrected chi connectivity index (χ4v) is 4.42. The van der Waals surface area contributed by atoms with Crippen LogP contribution in [0.1, 0.15) is 41.4 Å². The second kappa shape index (κ2) is 8.85. The van der Waals surface area contributed by atoms with E-state index < -0.39 is 17.7 Å². The minimum Gasteiger partial charge on any atom is -0.480 e. The molecule has 4 aromatic heterocycles. The topological polar surface area (TPSA) is 95.9 Å². The van der Waals surface area contributed by atoms with Gasteiger partial charge in [0.15, 0.2) is 17.2 Å². The predicted octanol–water partition coefficient (Wildman–Crippen LogP) is 4.62. The lowest BCUT2D eigenvalue weighted by Gasteiger charge is -2.08. The van der Waals surface area contributed by atoms with Crippen molar-refractivity contribution in [3.05, 3.63) is 71.6 Å². The van der Waals surface area contributed by atoms with Crippen molar-refractivity contribution in [1.29, 1.82) is 0 Å². The van der Waals surface area contributed by atoms with E-state index in [9.17, 15) is 13.2 Å². The third-order valence-corrected chi connectivity index (χ3v) is 6.37. The molecular weight excluding hydrogens is 504 g/mol. The van der Waals surface area contributed by atoms with Gasteiger partial charge in [0, 0.05) is 31.8 Å². The van der Waals surface area contributed by atoms with Crippen LogP contribution in [0.2, 0.25) is 0 Å². The number of benzene rings is 1. The number of methoxy groups -OCH3 is 1. The number of aryl methyl sites for hydroxylation is 1. The van der Waals surface area contributed by atoms with E-state index in [1.54, 1.807) is 23.0 Å². The molecule has 1 aliphatic rings. The van der Waals surface area contributed by atoms with E-state index in [2.05, 4.69) is 30.0 Å². The number of halogens is 4. The molecule has 194 valence electrons. The van der Waals surface area contributed by atoms with Crippen LogP contribution in [0.3, 0.4) is 0 Å². The molecule has 1 fully saturated rings. The Hall–Kier alpha value is -4.42. The molecule has 1 aliphatic carbocycles. The Balaban J connectivity index is 1.34. The lowest BCUT2D eigenvalue weighted by atomic mass is 10.1. The summed E-state index contributed by atoms with van der Waals surface area (Å²) >= 11 is 0. The zero-order valence-corrected chi connectivity index (χ0v) is 20.2. The zero-order chi connectivity index (χ0) is 26.6. The molecule has 0 atom stereocenters. The standard InChI is InChI=1S/C25H20F4N8O/c1-36-11-18(25(27,28)29)33-23(36)16-6-3-13(8-17(16)26)7-15-9-30-10-19-34-22(35-37(15)19)20-21(14-4-5-14)31-12-32-24(20)38-2/h3,6,8-12,14H,4-5,7H2,1-2H3. The van der Waals surface area contributed by atoms with E-state index in [1.807, 2.05) is 0 Å². The molecule has 0 radical (unpaired) electrons. The summed E-state index contributed by atoms with van der Waals surface area (Å²) in [5.41, 5.74) is 2.04. The van der Waals surface area contributed by atoms with Gasteiger partial charge in [0.1, 0.15) is 23.5 Å². The number of hydrogen-bond donors (Lipinski definition) is 0. The van der Waals surface area contributed by atoms with Crippen molar-refractivity contribution in [2.24, 2.45) is 7.05 Å². The SMILES string of the molecule is COc1ncnc(C2CC2)c1-c1nc2cncc(Cc3ccc(-c4nc(C(F)(F)F)cn4C)c(F)c3)n2n1. The summed E-state index contributed by atoms with van der Waals surface area (Å²) in [6, 6.07) is 4.32. The first kappa shape index (κ1) is 23.9. The summed E-state index contributed by atoms with van der Waals surface area (Å²) in [5.74, 6) is 0.281. The minimum atomic E-state index is -4.62. The summed E-state index contributed by atoms with van der Waals surface area (Å²) in [7, 11) is 2.92. The van der Waals surface area contributed by atoms with Gasteiger partial charge in [-0.05, 0) is 30.5 Å². The van der Waals surface area contributed by atoms with Gasteiger partial charge in [-0.2, -0.15) is 13.2 Å². The quantitative estimate of drug-likeness (QED) is 0.299. The van der Waals surface area contributed by atoms with E-state index in [4.69, 9.17) is 4.74 Å². The molecule has 0 saturated heterocycles. The molecule has 4 heterocycles. The summed E-state index contributed by atoms with van der Waals surface area (Å²) in [5, 5.41) is 4.68. The van der Waals surface area contributed by atoms with Crippen LogP contribution >= 0.6 is 0 Å². The molecule has 1 saturated carbocycles. The molecule has 13 heteroatoms. The van der Waals surface area contributed by atoms with Crippen molar-refractivity contribution in [2.45, 2.75) is 31.4 Å². The number of alkyl halides is 3. The minimum absolute atomic E-state index is 0.0325. The van der Waals surface area contributed by atoms with Gasteiger partial charge < -0.3 is 9.30 Å². The number of nitrogens with zero attached hydrogens (tertiary/aromatic N) is 8. The van der Waals surface area contributed by atoms with E-state index in [0.29, 0.717) is 40.1 Å². The van der Waals surface area contributed by atoms with Crippen LogP contribution in [-0.2, 0) is 19.6 Å². The molecular formula is C25H20F4N8O. The van der Waals surface area contributed by atoms with Crippen LogP contribution in [0.15, 0.2) is 43.1 Å². The van der Waals surface area contributed by atoms with Crippen molar-refractivity contribution in [3.8, 4) is 28.7 Å². The molecule has 0 aliphatic heterocycles. The monoisotopic (exact) mass is 524 g/mol. The van der Waals surface area contributed by atoms with Crippen LogP contribution in [0, 0.1) is 5.82 Å². The summed E-state index contributed by atoms with van der Waals surface area (Å²) in [6.07, 6.45) is 3.13. The Morgan fingerprint density at radius 3 is 2.61 bits per heavy atom. The van der Waals surface area contributed by atoms with E-state index in [1.165, 1.54) is 32.6 Å². The van der Waals surface area contributed by atoms with Crippen LogP contribution in [-0.4, -0.2) is 46.2 Å². The predicted molar refractivity (Wildman–Crippen MR) is 127 cm³/mol. The Labute approximate surface area is 213 Å². The second-order valence-electron chi connectivity index (χ2n) is 9.07. The molecule has 38 heavy (non-hydrogen) atoms. The van der Waals surface area contributed by atoms with Gasteiger partial charge in [0.25, 0.3) is 0 Å². The Morgan fingerprint density at radius 1 is 1.11 bits per heavy atom. The van der Waals surface area contributed by atoms with E-state index in [0.717, 1.165) is 29.3 Å². The van der Waals surface area contributed by atoms with Crippen LogP contribution in [0.4, 0.5) is 17.6 Å². The maximum Gasteiger partial charge on any atom is 0.434 e. The Bertz CT molecular complexity index is 1670. The van der Waals surface area contributed by atoms with Crippen molar-refractivity contribution in [3.63, 3.8) is 0 Å². The average molecular weight is 524 g/mol. The van der Waals surface area contributed by atoms with E-state index >= 15 is 4.39 Å². The summed E-state index contributed by atoms with van der Waals surface area (Å²) in [4.78, 5) is 21.1. The maximum absolute atomic E-state index is 15.1. The van der Waals surface area contributed by atoms with Crippen molar-refractivity contribution < 1.29 is 22.3 Å². The highest BCUT2D eigenvalue weighted by Crippen LogP contribution is 2.44. The number of hydrogen-bond acceptors (Lipinski definition) is 7. The average Bonchev–Trinajstić information content (AvgIpc) is 3.51. The van der Waals surface area contributed by atoms with Crippen molar-refractivity contribution >= 4 is 5.65 Å². The molecule has 5 aromatic rings. The number of imidazole rings is 1. The highest BCUT2D eigenvalue weighted by atomic mass is 19.4. The van der Waals surface area contributed by atoms with Crippen LogP contribution in [0.25, 0.3) is 28.4 Å². The Kier molecular flexibility index (Phi) is 5.58. The number of rotatable bonds is 6. The zero-order valence-electron chi connectivity index (χ0n) is 20.2. The largest absolute Gasteiger partial charge is 0.480 e. The third-order valence-electron chi connectivity index (χ3n) is 6.37. The van der Waals surface area contributed by atoms with Crippen molar-refractivity contribution in [1.82, 2.24) is 39.1 Å². The number of fused-ring (bicyclic) bond motifs is 1. The summed E-state index contributed by atoms with van der Waals surface area (Å²) < 4.78 is 62.4. The molecule has 0 spiro atoms. The Morgan fingerprint density at radius 2 is 1.92 bits per heavy atom. The molecule has 1 aromatic carbocycles. The highest BCUT2D eigenvalue weighted by Gasteiger charge is 2.35. The van der Waals surface area contributed by atoms with Gasteiger partial charge in [-0.25, -0.2) is 28.8 Å². The number of aromatic nitrogens is 8. The number of ether oxygens (including phenoxy) is 1. The van der Waals surface area contributed by atoms with E-state index in [-0.39, 0.29) is 17.8 Å². The molecule has 0 unspecified atom stereocenters. The van der Waals surface area contributed by atoms with Gasteiger partial charge in [-0.15, -0.1) is 5.10 Å². The lowest BCUT2D eigenvalue weighted by Crippen LogP contribution is -2.05. The van der Waals surface area contributed by atoms with Gasteiger partial charge in [0.05, 0.1) is 30.3 Å². The molecule has 0 N–H and O–H groups in total. The fraction of sp³-hybridized carbons (Fsp3) is 0.280. The van der Waals surface area contributed by atoms with Gasteiger partial charge in [-0.3, -0.25) is 4.98 Å².